The lowest BCUT2D eigenvalue weighted by atomic mass is 9.84. The van der Waals surface area contributed by atoms with Crippen molar-refractivity contribution in [3.8, 4) is 5.75 Å². The highest BCUT2D eigenvalue weighted by Gasteiger charge is 2.26. The minimum Gasteiger partial charge on any atom is -0.497 e. The van der Waals surface area contributed by atoms with Gasteiger partial charge in [0.1, 0.15) is 5.75 Å². The average molecular weight is 384 g/mol. The van der Waals surface area contributed by atoms with Gasteiger partial charge in [-0.1, -0.05) is 33.1 Å². The van der Waals surface area contributed by atoms with E-state index in [2.05, 4.69) is 10.6 Å². The van der Waals surface area contributed by atoms with Gasteiger partial charge in [0.15, 0.2) is 0 Å². The molecule has 0 aliphatic heterocycles. The monoisotopic (exact) mass is 383 g/mol. The molecule has 1 saturated carbocycles. The molecule has 0 unspecified atom stereocenters. The highest BCUT2D eigenvalue weighted by molar-refractivity contribution is 6.02. The number of hydrogen-bond acceptors (Lipinski definition) is 4. The fourth-order valence-electron chi connectivity index (χ4n) is 3.06. The number of carbonyl (C=O) groups excluding carboxylic acids is 2. The molecule has 1 aliphatic carbocycles. The summed E-state index contributed by atoms with van der Waals surface area (Å²) in [6.07, 6.45) is 5.46. The van der Waals surface area contributed by atoms with E-state index in [0.29, 0.717) is 17.1 Å². The zero-order valence-electron chi connectivity index (χ0n) is 15.7. The van der Waals surface area contributed by atoms with Crippen molar-refractivity contribution >= 4 is 35.6 Å². The molecule has 0 heterocycles. The van der Waals surface area contributed by atoms with Gasteiger partial charge in [-0.3, -0.25) is 9.59 Å². The van der Waals surface area contributed by atoms with Crippen LogP contribution in [0.2, 0.25) is 0 Å². The lowest BCUT2D eigenvalue weighted by Gasteiger charge is -2.27. The largest absolute Gasteiger partial charge is 0.497 e. The summed E-state index contributed by atoms with van der Waals surface area (Å²) < 4.78 is 5.21. The van der Waals surface area contributed by atoms with Gasteiger partial charge in [-0.05, 0) is 30.9 Å². The minimum atomic E-state index is -0.531. The smallest absolute Gasteiger partial charge is 0.241 e. The van der Waals surface area contributed by atoms with E-state index in [1.165, 1.54) is 6.42 Å². The lowest BCUT2D eigenvalue weighted by molar-refractivity contribution is -0.119. The van der Waals surface area contributed by atoms with Crippen LogP contribution in [0.5, 0.6) is 5.75 Å². The lowest BCUT2D eigenvalue weighted by Crippen LogP contribution is -2.42. The van der Waals surface area contributed by atoms with E-state index < -0.39 is 6.04 Å². The first-order chi connectivity index (χ1) is 11.9. The van der Waals surface area contributed by atoms with E-state index in [0.717, 1.165) is 25.7 Å². The topological polar surface area (TPSA) is 93.4 Å². The van der Waals surface area contributed by atoms with Gasteiger partial charge in [0.25, 0.3) is 0 Å². The Morgan fingerprint density at radius 3 is 2.27 bits per heavy atom. The highest BCUT2D eigenvalue weighted by atomic mass is 35.5. The second-order valence-electron chi connectivity index (χ2n) is 6.97. The molecule has 0 aromatic heterocycles. The third-order valence-corrected chi connectivity index (χ3v) is 4.73. The number of amides is 2. The molecule has 1 atom stereocenters. The van der Waals surface area contributed by atoms with E-state index in [1.807, 2.05) is 13.8 Å². The van der Waals surface area contributed by atoms with Gasteiger partial charge >= 0.3 is 0 Å². The summed E-state index contributed by atoms with van der Waals surface area (Å²) in [5.41, 5.74) is 7.22. The number of benzene rings is 1. The van der Waals surface area contributed by atoms with Gasteiger partial charge in [-0.2, -0.15) is 0 Å². The van der Waals surface area contributed by atoms with Gasteiger partial charge in [-0.15, -0.1) is 12.4 Å². The van der Waals surface area contributed by atoms with Crippen LogP contribution in [0.4, 0.5) is 11.4 Å². The Hall–Kier alpha value is -1.79. The summed E-state index contributed by atoms with van der Waals surface area (Å²) in [6.45, 7) is 3.62. The number of methoxy groups -OCH3 is 1. The van der Waals surface area contributed by atoms with Crippen molar-refractivity contribution in [2.24, 2.45) is 17.6 Å². The predicted molar refractivity (Wildman–Crippen MR) is 107 cm³/mol. The van der Waals surface area contributed by atoms with Crippen LogP contribution in [-0.2, 0) is 9.59 Å². The zero-order valence-corrected chi connectivity index (χ0v) is 16.5. The van der Waals surface area contributed by atoms with Crippen molar-refractivity contribution in [3.05, 3.63) is 18.2 Å². The Morgan fingerprint density at radius 2 is 1.69 bits per heavy atom. The van der Waals surface area contributed by atoms with E-state index in [9.17, 15) is 9.59 Å². The van der Waals surface area contributed by atoms with Gasteiger partial charge in [0.05, 0.1) is 24.5 Å². The fourth-order valence-corrected chi connectivity index (χ4v) is 3.06. The maximum atomic E-state index is 12.6. The van der Waals surface area contributed by atoms with Crippen LogP contribution in [-0.4, -0.2) is 25.0 Å². The Morgan fingerprint density at radius 1 is 1.08 bits per heavy atom. The van der Waals surface area contributed by atoms with Crippen LogP contribution in [0.3, 0.4) is 0 Å². The summed E-state index contributed by atoms with van der Waals surface area (Å²) in [5.74, 6) is 0.325. The van der Waals surface area contributed by atoms with Gasteiger partial charge < -0.3 is 21.1 Å². The molecule has 0 saturated heterocycles. The number of carbonyl (C=O) groups is 2. The number of halogens is 1. The van der Waals surface area contributed by atoms with Crippen molar-refractivity contribution in [1.82, 2.24) is 0 Å². The highest BCUT2D eigenvalue weighted by Crippen LogP contribution is 2.29. The molecule has 1 aromatic rings. The number of rotatable bonds is 6. The van der Waals surface area contributed by atoms with Crippen LogP contribution >= 0.6 is 12.4 Å². The summed E-state index contributed by atoms with van der Waals surface area (Å²) in [6, 6.07) is 4.63. The van der Waals surface area contributed by atoms with Crippen molar-refractivity contribution in [2.45, 2.75) is 52.0 Å². The van der Waals surface area contributed by atoms with Crippen LogP contribution < -0.4 is 21.1 Å². The van der Waals surface area contributed by atoms with Crippen molar-refractivity contribution in [1.29, 1.82) is 0 Å². The second-order valence-corrected chi connectivity index (χ2v) is 6.97. The Labute approximate surface area is 161 Å². The maximum absolute atomic E-state index is 12.6. The first kappa shape index (κ1) is 22.3. The zero-order chi connectivity index (χ0) is 18.4. The molecular weight excluding hydrogens is 354 g/mol. The molecule has 2 amide bonds. The Balaban J connectivity index is 0.00000338. The van der Waals surface area contributed by atoms with Crippen LogP contribution in [0.15, 0.2) is 18.2 Å². The van der Waals surface area contributed by atoms with Gasteiger partial charge in [0, 0.05) is 12.0 Å². The molecule has 0 radical (unpaired) electrons. The third kappa shape index (κ3) is 5.88. The summed E-state index contributed by atoms with van der Waals surface area (Å²) in [4.78, 5) is 24.6. The molecule has 146 valence electrons. The Kier molecular flexibility index (Phi) is 8.88. The third-order valence-electron chi connectivity index (χ3n) is 4.73. The molecule has 4 N–H and O–H groups in total. The van der Waals surface area contributed by atoms with E-state index >= 15 is 0 Å². The number of anilines is 2. The first-order valence-corrected chi connectivity index (χ1v) is 8.97. The minimum absolute atomic E-state index is 0. The second kappa shape index (κ2) is 10.4. The van der Waals surface area contributed by atoms with Gasteiger partial charge in [0.2, 0.25) is 11.8 Å². The van der Waals surface area contributed by atoms with E-state index in [1.54, 1.807) is 25.3 Å². The molecule has 1 aliphatic rings. The van der Waals surface area contributed by atoms with Gasteiger partial charge in [-0.25, -0.2) is 0 Å². The summed E-state index contributed by atoms with van der Waals surface area (Å²) >= 11 is 0. The van der Waals surface area contributed by atoms with E-state index in [-0.39, 0.29) is 36.1 Å². The number of nitrogens with one attached hydrogen (secondary N) is 2. The number of nitrogens with two attached hydrogens (primary N) is 1. The van der Waals surface area contributed by atoms with E-state index in [4.69, 9.17) is 10.5 Å². The molecule has 26 heavy (non-hydrogen) atoms. The molecule has 1 aromatic carbocycles. The fraction of sp³-hybridized carbons (Fsp3) is 0.579. The Bertz CT molecular complexity index is 616. The molecule has 7 heteroatoms. The predicted octanol–water partition coefficient (Wildman–Crippen LogP) is 3.56. The quantitative estimate of drug-likeness (QED) is 0.700. The van der Waals surface area contributed by atoms with Crippen LogP contribution in [0.25, 0.3) is 0 Å². The summed E-state index contributed by atoms with van der Waals surface area (Å²) in [7, 11) is 1.56. The van der Waals surface area contributed by atoms with Crippen molar-refractivity contribution < 1.29 is 14.3 Å². The molecular formula is C19H30ClN3O3. The summed E-state index contributed by atoms with van der Waals surface area (Å²) in [5, 5.41) is 5.70. The standard InChI is InChI=1S/C19H29N3O3.ClH/c1-12(2)18(23)22-16-11-14(25-3)9-10-15(16)21-19(24)17(20)13-7-5-4-6-8-13;/h9-13,17H,4-8,20H2,1-3H3,(H,21,24)(H,22,23);1H/t17-;/m1./s1. The SMILES string of the molecule is COc1ccc(NC(=O)[C@H](N)C2CCCCC2)c(NC(=O)C(C)C)c1.Cl. The van der Waals surface area contributed by atoms with Crippen molar-refractivity contribution in [3.63, 3.8) is 0 Å². The first-order valence-electron chi connectivity index (χ1n) is 8.97. The molecule has 6 nitrogen and oxygen atoms in total. The molecule has 2 rings (SSSR count). The molecule has 0 spiro atoms. The maximum Gasteiger partial charge on any atom is 0.241 e. The number of ether oxygens (including phenoxy) is 1. The number of hydrogen-bond donors (Lipinski definition) is 3. The molecule has 0 bridgehead atoms. The molecule has 1 fully saturated rings. The average Bonchev–Trinajstić information content (AvgIpc) is 2.62. The normalized spacial score (nSPS) is 15.7. The van der Waals surface area contributed by atoms with Crippen LogP contribution in [0.1, 0.15) is 46.0 Å². The van der Waals surface area contributed by atoms with Crippen LogP contribution in [0, 0.1) is 11.8 Å². The van der Waals surface area contributed by atoms with Crippen molar-refractivity contribution in [2.75, 3.05) is 17.7 Å².